The van der Waals surface area contributed by atoms with Crippen molar-refractivity contribution in [2.75, 3.05) is 0 Å². The predicted molar refractivity (Wildman–Crippen MR) is 55.4 cm³/mol. The molecular formula is C10H12ClF2NO. The third kappa shape index (κ3) is 3.64. The highest BCUT2D eigenvalue weighted by Gasteiger charge is 2.13. The molecule has 2 N–H and O–H groups in total. The highest BCUT2D eigenvalue weighted by Crippen LogP contribution is 2.28. The van der Waals surface area contributed by atoms with Crippen molar-refractivity contribution in [3.63, 3.8) is 0 Å². The molecule has 1 atom stereocenters. The number of alkyl halides is 2. The van der Waals surface area contributed by atoms with Crippen molar-refractivity contribution < 1.29 is 13.5 Å². The van der Waals surface area contributed by atoms with Gasteiger partial charge in [-0.1, -0.05) is 17.7 Å². The second-order valence-corrected chi connectivity index (χ2v) is 3.68. The van der Waals surface area contributed by atoms with Crippen LogP contribution in [0.2, 0.25) is 5.02 Å². The summed E-state index contributed by atoms with van der Waals surface area (Å²) < 4.78 is 28.5. The van der Waals surface area contributed by atoms with Crippen LogP contribution in [0.25, 0.3) is 0 Å². The summed E-state index contributed by atoms with van der Waals surface area (Å²) in [7, 11) is 0. The molecule has 1 unspecified atom stereocenters. The van der Waals surface area contributed by atoms with Crippen LogP contribution in [0.15, 0.2) is 18.2 Å². The number of nitrogens with two attached hydrogens (primary N) is 1. The van der Waals surface area contributed by atoms with Gasteiger partial charge in [-0.15, -0.1) is 0 Å². The van der Waals surface area contributed by atoms with E-state index >= 15 is 0 Å². The number of ether oxygens (including phenoxy) is 1. The molecule has 5 heteroatoms. The molecule has 0 amide bonds. The van der Waals surface area contributed by atoms with Crippen LogP contribution in [-0.4, -0.2) is 12.7 Å². The zero-order valence-electron chi connectivity index (χ0n) is 8.21. The Labute approximate surface area is 92.0 Å². The molecule has 2 nitrogen and oxygen atoms in total. The number of halogens is 3. The maximum absolute atomic E-state index is 12.1. The summed E-state index contributed by atoms with van der Waals surface area (Å²) in [6, 6.07) is 4.47. The van der Waals surface area contributed by atoms with Crippen LogP contribution in [0.4, 0.5) is 8.78 Å². The largest absolute Gasteiger partial charge is 0.434 e. The number of hydrogen-bond acceptors (Lipinski definition) is 2. The maximum atomic E-state index is 12.1. The smallest absolute Gasteiger partial charge is 0.387 e. The Kier molecular flexibility index (Phi) is 4.29. The molecular weight excluding hydrogens is 224 g/mol. The summed E-state index contributed by atoms with van der Waals surface area (Å²) in [4.78, 5) is 0. The van der Waals surface area contributed by atoms with E-state index in [4.69, 9.17) is 17.3 Å². The summed E-state index contributed by atoms with van der Waals surface area (Å²) >= 11 is 5.88. The molecule has 0 aromatic heterocycles. The van der Waals surface area contributed by atoms with Crippen molar-refractivity contribution in [1.29, 1.82) is 0 Å². The Bertz CT molecular complexity index is 331. The summed E-state index contributed by atoms with van der Waals surface area (Å²) in [6.45, 7) is -1.08. The fraction of sp³-hybridized carbons (Fsp3) is 0.400. The molecule has 0 bridgehead atoms. The van der Waals surface area contributed by atoms with Crippen molar-refractivity contribution in [3.8, 4) is 5.75 Å². The van der Waals surface area contributed by atoms with E-state index in [2.05, 4.69) is 4.74 Å². The molecule has 0 saturated heterocycles. The first-order valence-corrected chi connectivity index (χ1v) is 4.86. The molecule has 1 rings (SSSR count). The molecule has 0 aliphatic rings. The Balaban J connectivity index is 2.97. The monoisotopic (exact) mass is 235 g/mol. The molecule has 0 aliphatic carbocycles. The van der Waals surface area contributed by atoms with Gasteiger partial charge in [-0.2, -0.15) is 8.78 Å². The van der Waals surface area contributed by atoms with Gasteiger partial charge in [0.2, 0.25) is 0 Å². The molecule has 1 aromatic carbocycles. The topological polar surface area (TPSA) is 35.2 Å². The molecule has 0 heterocycles. The van der Waals surface area contributed by atoms with Crippen LogP contribution < -0.4 is 10.5 Å². The van der Waals surface area contributed by atoms with Gasteiger partial charge in [0.1, 0.15) is 5.75 Å². The fourth-order valence-corrected chi connectivity index (χ4v) is 1.51. The highest BCUT2D eigenvalue weighted by molar-refractivity contribution is 6.31. The number of hydrogen-bond donors (Lipinski definition) is 1. The first-order chi connectivity index (χ1) is 7.00. The lowest BCUT2D eigenvalue weighted by Gasteiger charge is -2.13. The molecule has 15 heavy (non-hydrogen) atoms. The van der Waals surface area contributed by atoms with Gasteiger partial charge in [-0.3, -0.25) is 0 Å². The van der Waals surface area contributed by atoms with E-state index < -0.39 is 6.61 Å². The SMILES string of the molecule is CC(N)Cc1c(Cl)cccc1OC(F)F. The third-order valence-corrected chi connectivity index (χ3v) is 2.17. The second-order valence-electron chi connectivity index (χ2n) is 3.28. The van der Waals surface area contributed by atoms with Crippen molar-refractivity contribution in [3.05, 3.63) is 28.8 Å². The van der Waals surface area contributed by atoms with Gasteiger partial charge in [0.15, 0.2) is 0 Å². The van der Waals surface area contributed by atoms with E-state index in [0.717, 1.165) is 0 Å². The van der Waals surface area contributed by atoms with Gasteiger partial charge in [0, 0.05) is 16.6 Å². The van der Waals surface area contributed by atoms with Gasteiger partial charge in [0.25, 0.3) is 0 Å². The van der Waals surface area contributed by atoms with E-state index in [-0.39, 0.29) is 11.8 Å². The molecule has 0 spiro atoms. The summed E-state index contributed by atoms with van der Waals surface area (Å²) in [5.74, 6) is 0.0924. The quantitative estimate of drug-likeness (QED) is 0.871. The van der Waals surface area contributed by atoms with Gasteiger partial charge in [0.05, 0.1) is 0 Å². The second kappa shape index (κ2) is 5.28. The first-order valence-electron chi connectivity index (χ1n) is 4.48. The van der Waals surface area contributed by atoms with Gasteiger partial charge in [-0.25, -0.2) is 0 Å². The van der Waals surface area contributed by atoms with Gasteiger partial charge in [-0.05, 0) is 25.5 Å². The van der Waals surface area contributed by atoms with E-state index in [1.807, 2.05) is 0 Å². The zero-order valence-corrected chi connectivity index (χ0v) is 8.97. The van der Waals surface area contributed by atoms with Crippen molar-refractivity contribution in [1.82, 2.24) is 0 Å². The summed E-state index contributed by atoms with van der Waals surface area (Å²) in [5.41, 5.74) is 6.11. The standard InChI is InChI=1S/C10H12ClF2NO/c1-6(14)5-7-8(11)3-2-4-9(7)15-10(12)13/h2-4,6,10H,5,14H2,1H3. The lowest BCUT2D eigenvalue weighted by atomic mass is 10.1. The van der Waals surface area contributed by atoms with E-state index in [0.29, 0.717) is 17.0 Å². The zero-order chi connectivity index (χ0) is 11.4. The van der Waals surface area contributed by atoms with E-state index in [1.165, 1.54) is 6.07 Å². The molecule has 0 aliphatic heterocycles. The molecule has 1 aromatic rings. The minimum Gasteiger partial charge on any atom is -0.434 e. The average molecular weight is 236 g/mol. The molecule has 0 fully saturated rings. The van der Waals surface area contributed by atoms with Crippen molar-refractivity contribution >= 4 is 11.6 Å². The Morgan fingerprint density at radius 2 is 2.13 bits per heavy atom. The van der Waals surface area contributed by atoms with E-state index in [1.54, 1.807) is 19.1 Å². The molecule has 0 radical (unpaired) electrons. The minimum absolute atomic E-state index is 0.0924. The van der Waals surface area contributed by atoms with E-state index in [9.17, 15) is 8.78 Å². The van der Waals surface area contributed by atoms with Crippen LogP contribution in [0.3, 0.4) is 0 Å². The van der Waals surface area contributed by atoms with Crippen LogP contribution in [0, 0.1) is 0 Å². The fourth-order valence-electron chi connectivity index (χ4n) is 1.27. The lowest BCUT2D eigenvalue weighted by Crippen LogP contribution is -2.19. The van der Waals surface area contributed by atoms with Crippen LogP contribution in [0.5, 0.6) is 5.75 Å². The summed E-state index contributed by atoms with van der Waals surface area (Å²) in [6.07, 6.45) is 0.404. The number of rotatable bonds is 4. The minimum atomic E-state index is -2.85. The molecule has 0 saturated carbocycles. The third-order valence-electron chi connectivity index (χ3n) is 1.82. The first kappa shape index (κ1) is 12.2. The predicted octanol–water partition coefficient (Wildman–Crippen LogP) is 2.83. The molecule has 84 valence electrons. The van der Waals surface area contributed by atoms with Crippen LogP contribution >= 0.6 is 11.6 Å². The Morgan fingerprint density at radius 3 is 2.67 bits per heavy atom. The lowest BCUT2D eigenvalue weighted by molar-refractivity contribution is -0.0504. The van der Waals surface area contributed by atoms with Crippen molar-refractivity contribution in [2.24, 2.45) is 5.73 Å². The van der Waals surface area contributed by atoms with Crippen molar-refractivity contribution in [2.45, 2.75) is 26.0 Å². The normalized spacial score (nSPS) is 12.9. The Hall–Kier alpha value is -0.870. The average Bonchev–Trinajstić information content (AvgIpc) is 2.09. The Morgan fingerprint density at radius 1 is 1.47 bits per heavy atom. The number of benzene rings is 1. The maximum Gasteiger partial charge on any atom is 0.387 e. The van der Waals surface area contributed by atoms with Gasteiger partial charge < -0.3 is 10.5 Å². The summed E-state index contributed by atoms with van der Waals surface area (Å²) in [5, 5.41) is 0.394. The highest BCUT2D eigenvalue weighted by atomic mass is 35.5. The van der Waals surface area contributed by atoms with Gasteiger partial charge >= 0.3 is 6.61 Å². The van der Waals surface area contributed by atoms with Crippen LogP contribution in [0.1, 0.15) is 12.5 Å². The van der Waals surface area contributed by atoms with Crippen LogP contribution in [-0.2, 0) is 6.42 Å².